The highest BCUT2D eigenvalue weighted by Crippen LogP contribution is 2.45. The van der Waals surface area contributed by atoms with Gasteiger partial charge in [-0.05, 0) is 55.7 Å². The normalized spacial score (nSPS) is 19.7. The average Bonchev–Trinajstić information content (AvgIpc) is 3.71. The third-order valence-corrected chi connectivity index (χ3v) is 6.21. The van der Waals surface area contributed by atoms with Gasteiger partial charge >= 0.3 is 0 Å². The van der Waals surface area contributed by atoms with Crippen LogP contribution in [-0.4, -0.2) is 37.4 Å². The Morgan fingerprint density at radius 1 is 1.06 bits per heavy atom. The van der Waals surface area contributed by atoms with Gasteiger partial charge in [-0.2, -0.15) is 19.6 Å². The van der Waals surface area contributed by atoms with Crippen LogP contribution in [0.1, 0.15) is 37.7 Å². The van der Waals surface area contributed by atoms with E-state index in [-0.39, 0.29) is 18.2 Å². The smallest absolute Gasteiger partial charge is 0.254 e. The Kier molecular flexibility index (Phi) is 4.41. The van der Waals surface area contributed by atoms with Gasteiger partial charge in [0.05, 0.1) is 12.6 Å². The highest BCUT2D eigenvalue weighted by Gasteiger charge is 2.42. The molecule has 2 aromatic heterocycles. The van der Waals surface area contributed by atoms with Crippen molar-refractivity contribution < 1.29 is 9.59 Å². The molecule has 0 radical (unpaired) electrons. The van der Waals surface area contributed by atoms with Crippen molar-refractivity contribution in [2.45, 2.75) is 38.1 Å². The molecule has 3 aromatic rings. The third-order valence-electron chi connectivity index (χ3n) is 6.21. The third kappa shape index (κ3) is 3.70. The van der Waals surface area contributed by atoms with Crippen molar-refractivity contribution in [1.82, 2.24) is 24.9 Å². The zero-order valence-corrected chi connectivity index (χ0v) is 17.4. The number of para-hydroxylation sites is 1. The van der Waals surface area contributed by atoms with Crippen LogP contribution in [0.5, 0.6) is 0 Å². The lowest BCUT2D eigenvalue weighted by atomic mass is 10.1. The van der Waals surface area contributed by atoms with E-state index in [1.807, 2.05) is 30.3 Å². The van der Waals surface area contributed by atoms with Crippen molar-refractivity contribution >= 4 is 41.1 Å². The second-order valence-electron chi connectivity index (χ2n) is 8.77. The first-order chi connectivity index (χ1) is 15.6. The van der Waals surface area contributed by atoms with Gasteiger partial charge in [-0.25, -0.2) is 0 Å². The summed E-state index contributed by atoms with van der Waals surface area (Å²) in [5.41, 5.74) is 2.53. The predicted molar refractivity (Wildman–Crippen MR) is 119 cm³/mol. The number of fused-ring (bicyclic) bond motifs is 1. The number of hydrogen-bond acceptors (Lipinski definition) is 7. The summed E-state index contributed by atoms with van der Waals surface area (Å²) in [7, 11) is 0. The molecule has 1 saturated heterocycles. The van der Waals surface area contributed by atoms with Crippen LogP contribution in [0.2, 0.25) is 0 Å². The summed E-state index contributed by atoms with van der Waals surface area (Å²) in [5.74, 6) is 1.79. The van der Waals surface area contributed by atoms with Crippen molar-refractivity contribution in [2.75, 3.05) is 10.6 Å². The fraction of sp³-hybridized carbons (Fsp3) is 0.348. The molecule has 0 bridgehead atoms. The SMILES string of the molecule is O=C1C/C(=C\c2cnn3c(Nc4ccccc4)nc(NC(C4CC4)C4CC4)nc23)C(=O)N1. The number of amides is 2. The van der Waals surface area contributed by atoms with Gasteiger partial charge in [0.25, 0.3) is 5.91 Å². The molecule has 3 N–H and O–H groups in total. The van der Waals surface area contributed by atoms with E-state index < -0.39 is 0 Å². The van der Waals surface area contributed by atoms with Crippen LogP contribution in [0.15, 0.2) is 42.1 Å². The predicted octanol–water partition coefficient (Wildman–Crippen LogP) is 2.90. The van der Waals surface area contributed by atoms with E-state index in [2.05, 4.69) is 21.0 Å². The van der Waals surface area contributed by atoms with E-state index in [1.165, 1.54) is 25.7 Å². The minimum Gasteiger partial charge on any atom is -0.351 e. The highest BCUT2D eigenvalue weighted by atomic mass is 16.2. The Morgan fingerprint density at radius 3 is 2.47 bits per heavy atom. The number of anilines is 3. The molecule has 6 rings (SSSR count). The van der Waals surface area contributed by atoms with Crippen LogP contribution >= 0.6 is 0 Å². The minimum atomic E-state index is -0.369. The molecule has 2 amide bonds. The lowest BCUT2D eigenvalue weighted by Crippen LogP contribution is -2.26. The number of carbonyl (C=O) groups is 2. The van der Waals surface area contributed by atoms with Crippen LogP contribution in [-0.2, 0) is 9.59 Å². The van der Waals surface area contributed by atoms with Crippen molar-refractivity contribution in [2.24, 2.45) is 11.8 Å². The summed E-state index contributed by atoms with van der Waals surface area (Å²) in [6.45, 7) is 0. The molecular formula is C23H23N7O2. The van der Waals surface area contributed by atoms with Gasteiger partial charge in [0.2, 0.25) is 17.8 Å². The maximum Gasteiger partial charge on any atom is 0.254 e. The molecule has 9 heteroatoms. The van der Waals surface area contributed by atoms with Crippen molar-refractivity contribution in [1.29, 1.82) is 0 Å². The number of imide groups is 1. The van der Waals surface area contributed by atoms with E-state index in [0.29, 0.717) is 46.6 Å². The van der Waals surface area contributed by atoms with E-state index in [9.17, 15) is 9.59 Å². The Hall–Kier alpha value is -3.75. The Labute approximate surface area is 184 Å². The van der Waals surface area contributed by atoms with Gasteiger partial charge in [0, 0.05) is 22.9 Å². The van der Waals surface area contributed by atoms with Gasteiger partial charge in [-0.15, -0.1) is 0 Å². The number of aromatic nitrogens is 4. The molecule has 162 valence electrons. The Bertz CT molecular complexity index is 1230. The van der Waals surface area contributed by atoms with E-state index in [0.717, 1.165) is 5.69 Å². The molecular weight excluding hydrogens is 406 g/mol. The monoisotopic (exact) mass is 429 g/mol. The van der Waals surface area contributed by atoms with E-state index >= 15 is 0 Å². The molecule has 0 atom stereocenters. The standard InChI is InChI=1S/C23H23N7O2/c31-18-11-15(21(32)26-18)10-16-12-24-30-20(16)28-22(27-19(13-6-7-13)14-8-9-14)29-23(30)25-17-4-2-1-3-5-17/h1-5,10,12-14,19H,6-9,11H2,(H,26,31,32)(H2,25,27,28,29)/b15-10+. The maximum atomic E-state index is 12.0. The fourth-order valence-corrected chi connectivity index (χ4v) is 4.28. The molecule has 1 aromatic carbocycles. The lowest BCUT2D eigenvalue weighted by Gasteiger charge is -2.18. The first kappa shape index (κ1) is 19.0. The van der Waals surface area contributed by atoms with Crippen molar-refractivity contribution in [3.05, 3.63) is 47.7 Å². The van der Waals surface area contributed by atoms with Gasteiger partial charge < -0.3 is 10.6 Å². The first-order valence-corrected chi connectivity index (χ1v) is 11.0. The molecule has 0 spiro atoms. The second kappa shape index (κ2) is 7.44. The van der Waals surface area contributed by atoms with Crippen LogP contribution in [0.3, 0.4) is 0 Å². The van der Waals surface area contributed by atoms with E-state index in [4.69, 9.17) is 9.97 Å². The Morgan fingerprint density at radius 2 is 1.81 bits per heavy atom. The zero-order chi connectivity index (χ0) is 21.7. The molecule has 2 saturated carbocycles. The van der Waals surface area contributed by atoms with Gasteiger partial charge in [0.1, 0.15) is 0 Å². The molecule has 32 heavy (non-hydrogen) atoms. The average molecular weight is 429 g/mol. The first-order valence-electron chi connectivity index (χ1n) is 11.0. The molecule has 0 unspecified atom stereocenters. The van der Waals surface area contributed by atoms with Crippen LogP contribution in [0, 0.1) is 11.8 Å². The Balaban J connectivity index is 1.41. The van der Waals surface area contributed by atoms with Crippen LogP contribution in [0.25, 0.3) is 11.7 Å². The van der Waals surface area contributed by atoms with E-state index in [1.54, 1.807) is 16.8 Å². The zero-order valence-electron chi connectivity index (χ0n) is 17.4. The van der Waals surface area contributed by atoms with Crippen molar-refractivity contribution in [3.8, 4) is 0 Å². The quantitative estimate of drug-likeness (QED) is 0.391. The summed E-state index contributed by atoms with van der Waals surface area (Å²) >= 11 is 0. The summed E-state index contributed by atoms with van der Waals surface area (Å²) in [5, 5.41) is 13.7. The molecule has 2 aliphatic carbocycles. The van der Waals surface area contributed by atoms with Crippen LogP contribution in [0.4, 0.5) is 17.6 Å². The van der Waals surface area contributed by atoms with Gasteiger partial charge in [0.15, 0.2) is 5.65 Å². The summed E-state index contributed by atoms with van der Waals surface area (Å²) in [6, 6.07) is 10.2. The molecule has 3 heterocycles. The number of carbonyl (C=O) groups excluding carboxylic acids is 2. The maximum absolute atomic E-state index is 12.0. The highest BCUT2D eigenvalue weighted by molar-refractivity contribution is 6.15. The van der Waals surface area contributed by atoms with Gasteiger partial charge in [-0.3, -0.25) is 14.9 Å². The number of nitrogens with one attached hydrogen (secondary N) is 3. The second-order valence-corrected chi connectivity index (χ2v) is 8.77. The topological polar surface area (TPSA) is 113 Å². The van der Waals surface area contributed by atoms with Gasteiger partial charge in [-0.1, -0.05) is 18.2 Å². The number of nitrogens with zero attached hydrogens (tertiary/aromatic N) is 4. The van der Waals surface area contributed by atoms with Crippen molar-refractivity contribution in [3.63, 3.8) is 0 Å². The summed E-state index contributed by atoms with van der Waals surface area (Å²) in [4.78, 5) is 33.1. The number of rotatable bonds is 7. The fourth-order valence-electron chi connectivity index (χ4n) is 4.28. The molecule has 3 fully saturated rings. The number of hydrogen-bond donors (Lipinski definition) is 3. The minimum absolute atomic E-state index is 0.0624. The molecule has 9 nitrogen and oxygen atoms in total. The summed E-state index contributed by atoms with van der Waals surface area (Å²) in [6.07, 6.45) is 8.39. The molecule has 3 aliphatic rings. The number of benzene rings is 1. The van der Waals surface area contributed by atoms with Crippen LogP contribution < -0.4 is 16.0 Å². The summed E-state index contributed by atoms with van der Waals surface area (Å²) < 4.78 is 1.63. The molecule has 1 aliphatic heterocycles. The lowest BCUT2D eigenvalue weighted by molar-refractivity contribution is -0.124. The largest absolute Gasteiger partial charge is 0.351 e.